The summed E-state index contributed by atoms with van der Waals surface area (Å²) < 4.78 is 0. The summed E-state index contributed by atoms with van der Waals surface area (Å²) in [6.45, 7) is 11.7. The number of rotatable bonds is 6. The van der Waals surface area contributed by atoms with Gasteiger partial charge in [0, 0.05) is 11.0 Å². The number of benzene rings is 1. The molecule has 4 heteroatoms. The molecule has 1 aromatic carbocycles. The van der Waals surface area contributed by atoms with Crippen LogP contribution in [0.1, 0.15) is 47.1 Å². The van der Waals surface area contributed by atoms with Crippen molar-refractivity contribution in [2.75, 3.05) is 6.54 Å². The maximum atomic E-state index is 12.5. The van der Waals surface area contributed by atoms with Gasteiger partial charge in [-0.2, -0.15) is 0 Å². The van der Waals surface area contributed by atoms with Crippen molar-refractivity contribution in [1.82, 2.24) is 10.6 Å². The van der Waals surface area contributed by atoms with Gasteiger partial charge in [0.05, 0.1) is 12.6 Å². The summed E-state index contributed by atoms with van der Waals surface area (Å²) in [5.74, 6) is -0.110. The zero-order valence-electron chi connectivity index (χ0n) is 15.2. The molecule has 0 aliphatic heterocycles. The van der Waals surface area contributed by atoms with Gasteiger partial charge in [0.2, 0.25) is 5.91 Å². The first kappa shape index (κ1) is 19.4. The Labute approximate surface area is 140 Å². The number of amides is 1. The van der Waals surface area contributed by atoms with Crippen LogP contribution in [0.3, 0.4) is 0 Å². The van der Waals surface area contributed by atoms with Gasteiger partial charge in [0.25, 0.3) is 0 Å². The molecule has 0 heterocycles. The van der Waals surface area contributed by atoms with Crippen molar-refractivity contribution >= 4 is 11.7 Å². The number of Topliss-reactive ketones (excluding diaryl/α,β-unsaturated/α-hetero) is 1. The van der Waals surface area contributed by atoms with Crippen LogP contribution in [0, 0.1) is 5.41 Å². The van der Waals surface area contributed by atoms with Crippen LogP contribution in [0.4, 0.5) is 0 Å². The van der Waals surface area contributed by atoms with Crippen LogP contribution in [0.15, 0.2) is 30.3 Å². The minimum atomic E-state index is -0.445. The summed E-state index contributed by atoms with van der Waals surface area (Å²) in [4.78, 5) is 24.5. The van der Waals surface area contributed by atoms with Crippen molar-refractivity contribution in [2.24, 2.45) is 5.41 Å². The molecule has 0 saturated carbocycles. The lowest BCUT2D eigenvalue weighted by atomic mass is 9.91. The first-order chi connectivity index (χ1) is 10.5. The summed E-state index contributed by atoms with van der Waals surface area (Å²) >= 11 is 0. The molecule has 4 nitrogen and oxygen atoms in total. The number of nitrogens with one attached hydrogen (secondary N) is 2. The second-order valence-corrected chi connectivity index (χ2v) is 8.03. The van der Waals surface area contributed by atoms with Crippen LogP contribution in [0.25, 0.3) is 0 Å². The Bertz CT molecular complexity index is 525. The third-order valence-corrected chi connectivity index (χ3v) is 3.47. The molecule has 0 radical (unpaired) electrons. The molecule has 0 aromatic heterocycles. The van der Waals surface area contributed by atoms with Gasteiger partial charge in [0.1, 0.15) is 0 Å². The van der Waals surface area contributed by atoms with Crippen LogP contribution in [0.5, 0.6) is 0 Å². The molecule has 0 unspecified atom stereocenters. The van der Waals surface area contributed by atoms with Gasteiger partial charge >= 0.3 is 0 Å². The van der Waals surface area contributed by atoms with Gasteiger partial charge in [-0.25, -0.2) is 0 Å². The van der Waals surface area contributed by atoms with E-state index in [2.05, 4.69) is 10.6 Å². The highest BCUT2D eigenvalue weighted by Crippen LogP contribution is 2.14. The van der Waals surface area contributed by atoms with Crippen LogP contribution < -0.4 is 10.6 Å². The minimum absolute atomic E-state index is 0.0278. The highest BCUT2D eigenvalue weighted by molar-refractivity contribution is 5.91. The predicted octanol–water partition coefficient (Wildman–Crippen LogP) is 2.72. The largest absolute Gasteiger partial charge is 0.348 e. The van der Waals surface area contributed by atoms with Gasteiger partial charge in [-0.15, -0.1) is 0 Å². The fourth-order valence-electron chi connectivity index (χ4n) is 2.14. The number of hydrogen-bond donors (Lipinski definition) is 2. The van der Waals surface area contributed by atoms with E-state index in [1.807, 2.05) is 71.9 Å². The van der Waals surface area contributed by atoms with E-state index in [4.69, 9.17) is 0 Å². The average molecular weight is 318 g/mol. The molecule has 1 atom stereocenters. The third kappa shape index (κ3) is 7.42. The number of ketones is 1. The Morgan fingerprint density at radius 1 is 1.00 bits per heavy atom. The Kier molecular flexibility index (Phi) is 6.51. The lowest BCUT2D eigenvalue weighted by Gasteiger charge is -2.28. The first-order valence-corrected chi connectivity index (χ1v) is 8.12. The molecule has 0 aliphatic rings. The molecule has 23 heavy (non-hydrogen) atoms. The summed E-state index contributed by atoms with van der Waals surface area (Å²) in [5, 5.41) is 6.12. The van der Waals surface area contributed by atoms with Crippen molar-refractivity contribution in [3.05, 3.63) is 35.9 Å². The minimum Gasteiger partial charge on any atom is -0.348 e. The molecule has 1 rings (SSSR count). The van der Waals surface area contributed by atoms with E-state index in [0.29, 0.717) is 6.42 Å². The summed E-state index contributed by atoms with van der Waals surface area (Å²) in [6, 6.07) is 9.52. The first-order valence-electron chi connectivity index (χ1n) is 8.12. The van der Waals surface area contributed by atoms with E-state index in [1.54, 1.807) is 0 Å². The van der Waals surface area contributed by atoms with Gasteiger partial charge in [-0.1, -0.05) is 51.1 Å². The Morgan fingerprint density at radius 3 is 2.04 bits per heavy atom. The van der Waals surface area contributed by atoms with Crippen molar-refractivity contribution in [2.45, 2.75) is 59.5 Å². The van der Waals surface area contributed by atoms with Gasteiger partial charge in [0.15, 0.2) is 5.78 Å². The SMILES string of the molecule is CC(C)(C)N[C@@H](Cc1ccccc1)C(=O)NCC(=O)C(C)(C)C. The van der Waals surface area contributed by atoms with E-state index < -0.39 is 5.41 Å². The van der Waals surface area contributed by atoms with Crippen molar-refractivity contribution in [3.8, 4) is 0 Å². The smallest absolute Gasteiger partial charge is 0.237 e. The quantitative estimate of drug-likeness (QED) is 0.848. The molecule has 128 valence electrons. The zero-order valence-corrected chi connectivity index (χ0v) is 15.2. The highest BCUT2D eigenvalue weighted by Gasteiger charge is 2.26. The number of hydrogen-bond acceptors (Lipinski definition) is 3. The van der Waals surface area contributed by atoms with Crippen molar-refractivity contribution in [1.29, 1.82) is 0 Å². The lowest BCUT2D eigenvalue weighted by Crippen LogP contribution is -2.53. The number of carbonyl (C=O) groups excluding carboxylic acids is 2. The standard InChI is InChI=1S/C19H30N2O2/c1-18(2,3)16(22)13-20-17(23)15(21-19(4,5)6)12-14-10-8-7-9-11-14/h7-11,15,21H,12-13H2,1-6H3,(H,20,23)/t15-/m0/s1. The van der Waals surface area contributed by atoms with E-state index in [0.717, 1.165) is 5.56 Å². The van der Waals surface area contributed by atoms with Gasteiger partial charge in [-0.3, -0.25) is 9.59 Å². The molecule has 0 spiro atoms. The van der Waals surface area contributed by atoms with Crippen molar-refractivity contribution in [3.63, 3.8) is 0 Å². The van der Waals surface area contributed by atoms with Crippen LogP contribution in [-0.2, 0) is 16.0 Å². The molecule has 2 N–H and O–H groups in total. The molecule has 0 saturated heterocycles. The second kappa shape index (κ2) is 7.73. The highest BCUT2D eigenvalue weighted by atomic mass is 16.2. The number of carbonyl (C=O) groups is 2. The Hall–Kier alpha value is -1.68. The maximum Gasteiger partial charge on any atom is 0.237 e. The molecule has 0 aliphatic carbocycles. The average Bonchev–Trinajstić information content (AvgIpc) is 2.42. The van der Waals surface area contributed by atoms with Gasteiger partial charge in [-0.05, 0) is 32.8 Å². The van der Waals surface area contributed by atoms with E-state index in [-0.39, 0.29) is 29.8 Å². The molecular formula is C19H30N2O2. The topological polar surface area (TPSA) is 58.2 Å². The van der Waals surface area contributed by atoms with E-state index >= 15 is 0 Å². The van der Waals surface area contributed by atoms with Crippen LogP contribution >= 0.6 is 0 Å². The molecular weight excluding hydrogens is 288 g/mol. The Morgan fingerprint density at radius 2 is 1.57 bits per heavy atom. The zero-order chi connectivity index (χ0) is 17.7. The fraction of sp³-hybridized carbons (Fsp3) is 0.579. The summed E-state index contributed by atoms with van der Waals surface area (Å²) in [6.07, 6.45) is 0.591. The summed E-state index contributed by atoms with van der Waals surface area (Å²) in [5.41, 5.74) is 0.455. The van der Waals surface area contributed by atoms with Crippen LogP contribution in [-0.4, -0.2) is 29.8 Å². The molecule has 0 bridgehead atoms. The normalized spacial score (nSPS) is 13.5. The van der Waals surface area contributed by atoms with Crippen LogP contribution in [0.2, 0.25) is 0 Å². The van der Waals surface area contributed by atoms with Crippen molar-refractivity contribution < 1.29 is 9.59 Å². The van der Waals surface area contributed by atoms with E-state index in [9.17, 15) is 9.59 Å². The Balaban J connectivity index is 2.75. The molecule has 0 fully saturated rings. The second-order valence-electron chi connectivity index (χ2n) is 8.03. The molecule has 1 aromatic rings. The van der Waals surface area contributed by atoms with Gasteiger partial charge < -0.3 is 10.6 Å². The summed E-state index contributed by atoms with van der Waals surface area (Å²) in [7, 11) is 0. The predicted molar refractivity (Wildman–Crippen MR) is 94.3 cm³/mol. The lowest BCUT2D eigenvalue weighted by molar-refractivity contribution is -0.130. The maximum absolute atomic E-state index is 12.5. The third-order valence-electron chi connectivity index (χ3n) is 3.47. The fourth-order valence-corrected chi connectivity index (χ4v) is 2.14. The van der Waals surface area contributed by atoms with E-state index in [1.165, 1.54) is 0 Å². The monoisotopic (exact) mass is 318 g/mol. The molecule has 1 amide bonds.